The molecule has 4 N–H and O–H groups in total. The molecule has 9 nitrogen and oxygen atoms in total. The lowest BCUT2D eigenvalue weighted by Gasteiger charge is -2.36. The number of hydrogen-bond acceptors (Lipinski definition) is 8. The molecule has 2 heterocycles. The molecule has 0 saturated carbocycles. The maximum absolute atomic E-state index is 12.4. The first-order valence-corrected chi connectivity index (χ1v) is 8.60. The number of hydrogen-bond donors (Lipinski definition) is 3. The van der Waals surface area contributed by atoms with Gasteiger partial charge in [0.15, 0.2) is 0 Å². The molecule has 0 radical (unpaired) electrons. The maximum Gasteiger partial charge on any atom is 0.270 e. The minimum Gasteiger partial charge on any atom is -0.381 e. The Morgan fingerprint density at radius 1 is 1.43 bits per heavy atom. The van der Waals surface area contributed by atoms with E-state index in [-0.39, 0.29) is 21.9 Å². The summed E-state index contributed by atoms with van der Waals surface area (Å²) in [6, 6.07) is 0. The Labute approximate surface area is 126 Å². The highest BCUT2D eigenvalue weighted by Gasteiger charge is 2.37. The number of amides is 1. The van der Waals surface area contributed by atoms with Crippen LogP contribution in [0, 0.1) is 0 Å². The number of carbonyl (C=O) groups is 1. The van der Waals surface area contributed by atoms with Crippen LogP contribution in [0.15, 0.2) is 4.34 Å². The topological polar surface area (TPSA) is 136 Å². The molecule has 1 aliphatic rings. The summed E-state index contributed by atoms with van der Waals surface area (Å²) >= 11 is 0.789. The van der Waals surface area contributed by atoms with E-state index in [1.807, 2.05) is 0 Å². The van der Waals surface area contributed by atoms with Gasteiger partial charge in [-0.25, -0.2) is 13.1 Å². The van der Waals surface area contributed by atoms with Crippen LogP contribution in [0.5, 0.6) is 0 Å². The van der Waals surface area contributed by atoms with Gasteiger partial charge in [-0.2, -0.15) is 0 Å². The van der Waals surface area contributed by atoms with E-state index in [0.717, 1.165) is 11.3 Å². The van der Waals surface area contributed by atoms with Crippen molar-refractivity contribution in [2.75, 3.05) is 25.1 Å². The molecule has 1 fully saturated rings. The molecule has 0 bridgehead atoms. The highest BCUT2D eigenvalue weighted by atomic mass is 32.2. The lowest BCUT2D eigenvalue weighted by molar-refractivity contribution is -0.114. The minimum absolute atomic E-state index is 0.136. The van der Waals surface area contributed by atoms with Crippen LogP contribution in [0.1, 0.15) is 19.8 Å². The largest absolute Gasteiger partial charge is 0.381 e. The van der Waals surface area contributed by atoms with Crippen LogP contribution < -0.4 is 15.8 Å². The predicted molar refractivity (Wildman–Crippen MR) is 76.4 cm³/mol. The number of nitrogens with zero attached hydrogens (tertiary/aromatic N) is 2. The molecule has 1 aromatic heterocycles. The van der Waals surface area contributed by atoms with Crippen LogP contribution in [0.2, 0.25) is 0 Å². The van der Waals surface area contributed by atoms with Gasteiger partial charge in [0.05, 0.1) is 0 Å². The van der Waals surface area contributed by atoms with E-state index >= 15 is 0 Å². The van der Waals surface area contributed by atoms with Crippen LogP contribution in [-0.2, 0) is 19.6 Å². The highest BCUT2D eigenvalue weighted by molar-refractivity contribution is 7.91. The molecule has 118 valence electrons. The average molecular weight is 335 g/mol. The van der Waals surface area contributed by atoms with Crippen LogP contribution in [0.25, 0.3) is 0 Å². The third-order valence-corrected chi connectivity index (χ3v) is 5.90. The highest BCUT2D eigenvalue weighted by Crippen LogP contribution is 2.25. The lowest BCUT2D eigenvalue weighted by Crippen LogP contribution is -2.56. The van der Waals surface area contributed by atoms with Crippen molar-refractivity contribution in [1.82, 2.24) is 14.9 Å². The third kappa shape index (κ3) is 3.95. The van der Waals surface area contributed by atoms with E-state index in [0.29, 0.717) is 26.1 Å². The zero-order valence-corrected chi connectivity index (χ0v) is 13.1. The number of nitrogens with one attached hydrogen (secondary N) is 2. The normalized spacial score (nSPS) is 18.4. The van der Waals surface area contributed by atoms with E-state index in [9.17, 15) is 13.2 Å². The lowest BCUT2D eigenvalue weighted by atomic mass is 9.92. The summed E-state index contributed by atoms with van der Waals surface area (Å²) in [5.74, 6) is -0.342. The number of ether oxygens (including phenoxy) is 1. The van der Waals surface area contributed by atoms with E-state index in [4.69, 9.17) is 10.5 Å². The van der Waals surface area contributed by atoms with Crippen molar-refractivity contribution in [3.8, 4) is 0 Å². The maximum atomic E-state index is 12.4. The summed E-state index contributed by atoms with van der Waals surface area (Å²) in [6.45, 7) is 2.38. The van der Waals surface area contributed by atoms with Crippen molar-refractivity contribution in [3.05, 3.63) is 0 Å². The zero-order valence-electron chi connectivity index (χ0n) is 11.5. The molecule has 1 saturated heterocycles. The molecular formula is C10H17N5O4S2. The zero-order chi connectivity index (χ0) is 15.5. The van der Waals surface area contributed by atoms with Gasteiger partial charge in [-0.1, -0.05) is 11.3 Å². The Hall–Kier alpha value is -1.14. The van der Waals surface area contributed by atoms with Gasteiger partial charge in [0, 0.05) is 32.2 Å². The fourth-order valence-electron chi connectivity index (χ4n) is 1.96. The fourth-order valence-corrected chi connectivity index (χ4v) is 4.38. The van der Waals surface area contributed by atoms with Crippen molar-refractivity contribution < 1.29 is 17.9 Å². The van der Waals surface area contributed by atoms with Crippen LogP contribution in [0.3, 0.4) is 0 Å². The summed E-state index contributed by atoms with van der Waals surface area (Å²) in [5.41, 5.74) is 5.00. The summed E-state index contributed by atoms with van der Waals surface area (Å²) in [5, 5.41) is 9.76. The Morgan fingerprint density at radius 3 is 2.67 bits per heavy atom. The standard InChI is InChI=1S/C10H17N5O4S2/c1-7(16)12-8-13-14-9(20-8)21(17,18)15-10(6-11)2-4-19-5-3-10/h15H,2-6,11H2,1H3,(H,12,13,16). The summed E-state index contributed by atoms with van der Waals surface area (Å²) in [4.78, 5) is 10.9. The van der Waals surface area contributed by atoms with Crippen LogP contribution in [0.4, 0.5) is 5.13 Å². The van der Waals surface area contributed by atoms with Gasteiger partial charge in [-0.3, -0.25) is 4.79 Å². The number of anilines is 1. The Kier molecular flexibility index (Phi) is 4.88. The van der Waals surface area contributed by atoms with Gasteiger partial charge in [-0.15, -0.1) is 10.2 Å². The Balaban J connectivity index is 2.17. The number of carbonyl (C=O) groups excluding carboxylic acids is 1. The summed E-state index contributed by atoms with van der Waals surface area (Å²) in [6.07, 6.45) is 1.00. The average Bonchev–Trinajstić information content (AvgIpc) is 2.88. The van der Waals surface area contributed by atoms with Crippen molar-refractivity contribution in [1.29, 1.82) is 0 Å². The van der Waals surface area contributed by atoms with Crippen molar-refractivity contribution in [2.45, 2.75) is 29.6 Å². The van der Waals surface area contributed by atoms with Crippen LogP contribution in [-0.4, -0.2) is 49.8 Å². The molecule has 0 atom stereocenters. The SMILES string of the molecule is CC(=O)Nc1nnc(S(=O)(=O)NC2(CN)CCOCC2)s1. The number of aromatic nitrogens is 2. The Morgan fingerprint density at radius 2 is 2.10 bits per heavy atom. The molecule has 2 rings (SSSR count). The van der Waals surface area contributed by atoms with Crippen molar-refractivity contribution in [2.24, 2.45) is 5.73 Å². The second kappa shape index (κ2) is 6.32. The monoisotopic (exact) mass is 335 g/mol. The predicted octanol–water partition coefficient (Wildman–Crippen LogP) is -0.717. The molecule has 1 amide bonds. The smallest absolute Gasteiger partial charge is 0.270 e. The molecule has 0 spiro atoms. The van der Waals surface area contributed by atoms with Crippen molar-refractivity contribution >= 4 is 32.4 Å². The van der Waals surface area contributed by atoms with E-state index < -0.39 is 15.6 Å². The molecule has 21 heavy (non-hydrogen) atoms. The third-order valence-electron chi connectivity index (χ3n) is 3.11. The molecule has 11 heteroatoms. The quantitative estimate of drug-likeness (QED) is 0.604. The first-order valence-electron chi connectivity index (χ1n) is 6.30. The van der Waals surface area contributed by atoms with Crippen LogP contribution >= 0.6 is 11.3 Å². The molecule has 0 aliphatic carbocycles. The van der Waals surface area contributed by atoms with Crippen molar-refractivity contribution in [3.63, 3.8) is 0 Å². The first kappa shape index (κ1) is 16.2. The molecular weight excluding hydrogens is 318 g/mol. The minimum atomic E-state index is -3.84. The number of nitrogens with two attached hydrogens (primary N) is 1. The molecule has 0 unspecified atom stereocenters. The Bertz CT molecular complexity index is 609. The van der Waals surface area contributed by atoms with E-state index in [1.165, 1.54) is 6.92 Å². The fraction of sp³-hybridized carbons (Fsp3) is 0.700. The number of rotatable bonds is 5. The molecule has 0 aromatic carbocycles. The van der Waals surface area contributed by atoms with Gasteiger partial charge < -0.3 is 15.8 Å². The van der Waals surface area contributed by atoms with Gasteiger partial charge in [-0.05, 0) is 12.8 Å². The van der Waals surface area contributed by atoms with Gasteiger partial charge >= 0.3 is 0 Å². The van der Waals surface area contributed by atoms with Gasteiger partial charge in [0.2, 0.25) is 15.4 Å². The first-order chi connectivity index (χ1) is 9.87. The molecule has 1 aliphatic heterocycles. The molecule has 1 aromatic rings. The number of sulfonamides is 1. The second-order valence-electron chi connectivity index (χ2n) is 4.76. The second-order valence-corrected chi connectivity index (χ2v) is 7.59. The summed E-state index contributed by atoms with van der Waals surface area (Å²) < 4.78 is 32.3. The summed E-state index contributed by atoms with van der Waals surface area (Å²) in [7, 11) is -3.84. The van der Waals surface area contributed by atoms with Gasteiger partial charge in [0.1, 0.15) is 0 Å². The van der Waals surface area contributed by atoms with Gasteiger partial charge in [0.25, 0.3) is 10.0 Å². The van der Waals surface area contributed by atoms with E-state index in [1.54, 1.807) is 0 Å². The van der Waals surface area contributed by atoms with E-state index in [2.05, 4.69) is 20.2 Å².